The molecule has 6 nitrogen and oxygen atoms in total. The van der Waals surface area contributed by atoms with E-state index in [0.717, 1.165) is 19.3 Å². The Hall–Kier alpha value is -0.660. The van der Waals surface area contributed by atoms with E-state index in [1.54, 1.807) is 0 Å². The molecule has 0 bridgehead atoms. The van der Waals surface area contributed by atoms with Gasteiger partial charge in [-0.1, -0.05) is 6.42 Å². The van der Waals surface area contributed by atoms with E-state index < -0.39 is 16.2 Å². The molecule has 17 heavy (non-hydrogen) atoms. The van der Waals surface area contributed by atoms with Gasteiger partial charge in [-0.3, -0.25) is 4.79 Å². The number of piperidine rings is 1. The van der Waals surface area contributed by atoms with Crippen molar-refractivity contribution in [2.45, 2.75) is 25.7 Å². The molecule has 0 aromatic rings. The number of rotatable bonds is 5. The van der Waals surface area contributed by atoms with Crippen LogP contribution in [0.25, 0.3) is 0 Å². The van der Waals surface area contributed by atoms with E-state index in [1.807, 2.05) is 0 Å². The highest BCUT2D eigenvalue weighted by Gasteiger charge is 2.28. The van der Waals surface area contributed by atoms with E-state index in [2.05, 4.69) is 4.74 Å². The fourth-order valence-corrected chi connectivity index (χ4v) is 3.19. The Morgan fingerprint density at radius 2 is 1.88 bits per heavy atom. The normalized spacial score (nSPS) is 18.3. The topological polar surface area (TPSA) is 66.9 Å². The third-order valence-electron chi connectivity index (χ3n) is 2.89. The summed E-state index contributed by atoms with van der Waals surface area (Å²) in [6.45, 7) is 1.31. The van der Waals surface area contributed by atoms with E-state index in [0.29, 0.717) is 13.1 Å². The van der Waals surface area contributed by atoms with E-state index in [4.69, 9.17) is 0 Å². The van der Waals surface area contributed by atoms with Gasteiger partial charge < -0.3 is 4.74 Å². The first-order chi connectivity index (χ1) is 7.98. The number of esters is 1. The van der Waals surface area contributed by atoms with Crippen LogP contribution in [0.1, 0.15) is 25.7 Å². The van der Waals surface area contributed by atoms with E-state index in [9.17, 15) is 13.2 Å². The summed E-state index contributed by atoms with van der Waals surface area (Å²) >= 11 is 0. The molecule has 0 N–H and O–H groups in total. The maximum atomic E-state index is 12.1. The molecule has 0 aromatic heterocycles. The molecule has 0 aromatic carbocycles. The molecule has 0 unspecified atom stereocenters. The summed E-state index contributed by atoms with van der Waals surface area (Å²) in [5.74, 6) is -0.398. The molecule has 0 saturated carbocycles. The van der Waals surface area contributed by atoms with Crippen molar-refractivity contribution in [1.82, 2.24) is 8.61 Å². The summed E-state index contributed by atoms with van der Waals surface area (Å²) in [4.78, 5) is 11.0. The summed E-state index contributed by atoms with van der Waals surface area (Å²) < 4.78 is 31.4. The van der Waals surface area contributed by atoms with E-state index >= 15 is 0 Å². The zero-order valence-electron chi connectivity index (χ0n) is 10.4. The quantitative estimate of drug-likeness (QED) is 0.666. The van der Waals surface area contributed by atoms with Crippen molar-refractivity contribution in [1.29, 1.82) is 0 Å². The lowest BCUT2D eigenvalue weighted by atomic mass is 10.2. The summed E-state index contributed by atoms with van der Waals surface area (Å²) in [5, 5.41) is 0. The number of methoxy groups -OCH3 is 1. The average Bonchev–Trinajstić information content (AvgIpc) is 2.36. The fourth-order valence-electron chi connectivity index (χ4n) is 1.76. The minimum atomic E-state index is -3.41. The van der Waals surface area contributed by atoms with Gasteiger partial charge in [-0.2, -0.15) is 17.0 Å². The van der Waals surface area contributed by atoms with Crippen molar-refractivity contribution in [2.75, 3.05) is 33.8 Å². The minimum absolute atomic E-state index is 0.0834. The Kier molecular flexibility index (Phi) is 5.35. The molecule has 0 radical (unpaired) electrons. The molecule has 0 spiro atoms. The molecule has 0 aliphatic carbocycles. The van der Waals surface area contributed by atoms with Crippen LogP contribution in [0, 0.1) is 0 Å². The molecule has 1 saturated heterocycles. The van der Waals surface area contributed by atoms with Crippen LogP contribution in [-0.4, -0.2) is 56.8 Å². The van der Waals surface area contributed by atoms with E-state index in [1.165, 1.54) is 22.8 Å². The summed E-state index contributed by atoms with van der Waals surface area (Å²) in [5.41, 5.74) is 0. The van der Waals surface area contributed by atoms with Crippen molar-refractivity contribution in [3.63, 3.8) is 0 Å². The molecule has 0 amide bonds. The number of carbonyl (C=O) groups is 1. The Labute approximate surface area is 103 Å². The highest BCUT2D eigenvalue weighted by molar-refractivity contribution is 7.86. The average molecular weight is 264 g/mol. The van der Waals surface area contributed by atoms with Crippen molar-refractivity contribution in [2.24, 2.45) is 0 Å². The largest absolute Gasteiger partial charge is 0.469 e. The van der Waals surface area contributed by atoms with Crippen molar-refractivity contribution in [3.8, 4) is 0 Å². The van der Waals surface area contributed by atoms with Crippen LogP contribution in [0.15, 0.2) is 0 Å². The van der Waals surface area contributed by atoms with Crippen LogP contribution in [0.5, 0.6) is 0 Å². The standard InChI is InChI=1S/C10H20N2O4S/c1-11(9-6-10(13)16-2)17(14,15)12-7-4-3-5-8-12/h3-9H2,1-2H3. The molecule has 1 fully saturated rings. The number of ether oxygens (including phenoxy) is 1. The monoisotopic (exact) mass is 264 g/mol. The number of nitrogens with zero attached hydrogens (tertiary/aromatic N) is 2. The van der Waals surface area contributed by atoms with Crippen LogP contribution in [0.4, 0.5) is 0 Å². The second kappa shape index (κ2) is 6.32. The summed E-state index contributed by atoms with van der Waals surface area (Å²) in [6, 6.07) is 0. The number of carbonyl (C=O) groups excluding carboxylic acids is 1. The van der Waals surface area contributed by atoms with Gasteiger partial charge in [0.15, 0.2) is 0 Å². The van der Waals surface area contributed by atoms with Crippen LogP contribution < -0.4 is 0 Å². The molecule has 0 atom stereocenters. The first-order valence-electron chi connectivity index (χ1n) is 5.76. The van der Waals surface area contributed by atoms with Crippen LogP contribution in [0.2, 0.25) is 0 Å². The van der Waals surface area contributed by atoms with Gasteiger partial charge in [0.2, 0.25) is 0 Å². The van der Waals surface area contributed by atoms with Crippen molar-refractivity contribution in [3.05, 3.63) is 0 Å². The predicted molar refractivity (Wildman–Crippen MR) is 63.6 cm³/mol. The summed E-state index contributed by atoms with van der Waals surface area (Å²) in [6.07, 6.45) is 2.98. The molecule has 100 valence electrons. The summed E-state index contributed by atoms with van der Waals surface area (Å²) in [7, 11) is -0.621. The maximum absolute atomic E-state index is 12.1. The lowest BCUT2D eigenvalue weighted by Crippen LogP contribution is -2.44. The van der Waals surface area contributed by atoms with E-state index in [-0.39, 0.29) is 13.0 Å². The Morgan fingerprint density at radius 3 is 2.41 bits per heavy atom. The molecular formula is C10H20N2O4S. The first kappa shape index (κ1) is 14.4. The van der Waals surface area contributed by atoms with Crippen LogP contribution >= 0.6 is 0 Å². The maximum Gasteiger partial charge on any atom is 0.306 e. The molecule has 1 rings (SSSR count). The van der Waals surface area contributed by atoms with Gasteiger partial charge in [-0.05, 0) is 12.8 Å². The van der Waals surface area contributed by atoms with Gasteiger partial charge in [-0.25, -0.2) is 0 Å². The SMILES string of the molecule is COC(=O)CCN(C)S(=O)(=O)N1CCCCC1. The van der Waals surface area contributed by atoms with Gasteiger partial charge in [0.1, 0.15) is 0 Å². The van der Waals surface area contributed by atoms with Crippen molar-refractivity contribution < 1.29 is 17.9 Å². The van der Waals surface area contributed by atoms with Crippen LogP contribution in [0.3, 0.4) is 0 Å². The molecule has 1 aliphatic rings. The molecule has 1 heterocycles. The number of hydrogen-bond acceptors (Lipinski definition) is 4. The fraction of sp³-hybridized carbons (Fsp3) is 0.900. The van der Waals surface area contributed by atoms with Gasteiger partial charge >= 0.3 is 5.97 Å². The molecule has 7 heteroatoms. The van der Waals surface area contributed by atoms with Crippen molar-refractivity contribution >= 4 is 16.2 Å². The lowest BCUT2D eigenvalue weighted by Gasteiger charge is -2.29. The third kappa shape index (κ3) is 3.93. The third-order valence-corrected chi connectivity index (χ3v) is 4.88. The second-order valence-electron chi connectivity index (χ2n) is 4.12. The van der Waals surface area contributed by atoms with Gasteiger partial charge in [0, 0.05) is 26.7 Å². The smallest absolute Gasteiger partial charge is 0.306 e. The highest BCUT2D eigenvalue weighted by atomic mass is 32.2. The Bertz CT molecular complexity index is 349. The van der Waals surface area contributed by atoms with Gasteiger partial charge in [0.05, 0.1) is 13.5 Å². The zero-order valence-corrected chi connectivity index (χ0v) is 11.2. The lowest BCUT2D eigenvalue weighted by molar-refractivity contribution is -0.140. The molecule has 1 aliphatic heterocycles. The molecular weight excluding hydrogens is 244 g/mol. The predicted octanol–water partition coefficient (Wildman–Crippen LogP) is 0.212. The second-order valence-corrected chi connectivity index (χ2v) is 6.15. The van der Waals surface area contributed by atoms with Gasteiger partial charge in [0.25, 0.3) is 10.2 Å². The highest BCUT2D eigenvalue weighted by Crippen LogP contribution is 2.15. The number of hydrogen-bond donors (Lipinski definition) is 0. The van der Waals surface area contributed by atoms with Crippen LogP contribution in [-0.2, 0) is 19.7 Å². The van der Waals surface area contributed by atoms with Gasteiger partial charge in [-0.15, -0.1) is 0 Å². The first-order valence-corrected chi connectivity index (χ1v) is 7.16. The minimum Gasteiger partial charge on any atom is -0.469 e. The Balaban J connectivity index is 2.53. The zero-order chi connectivity index (χ0) is 12.9. The Morgan fingerprint density at radius 1 is 1.29 bits per heavy atom.